The molecule has 0 aliphatic carbocycles. The van der Waals surface area contributed by atoms with Crippen LogP contribution in [0.5, 0.6) is 0 Å². The van der Waals surface area contributed by atoms with Crippen molar-refractivity contribution in [1.29, 1.82) is 5.26 Å². The Labute approximate surface area is 96.9 Å². The number of hydrogen-bond donors (Lipinski definition) is 1. The molecule has 1 N–H and O–H groups in total. The van der Waals surface area contributed by atoms with Gasteiger partial charge in [-0.2, -0.15) is 10.4 Å². The Kier molecular flexibility index (Phi) is 2.62. The van der Waals surface area contributed by atoms with E-state index in [1.807, 2.05) is 6.07 Å². The fraction of sp³-hybridized carbons (Fsp3) is 0. The van der Waals surface area contributed by atoms with E-state index in [2.05, 4.69) is 31.1 Å². The van der Waals surface area contributed by atoms with Gasteiger partial charge in [0.2, 0.25) is 5.78 Å². The van der Waals surface area contributed by atoms with Crippen molar-refractivity contribution in [2.24, 2.45) is 0 Å². The van der Waals surface area contributed by atoms with Crippen LogP contribution in [-0.2, 0) is 0 Å². The second kappa shape index (κ2) is 3.92. The van der Waals surface area contributed by atoms with E-state index in [4.69, 9.17) is 5.26 Å². The number of H-pyrrole nitrogens is 1. The number of aromatic amines is 1. The quantitative estimate of drug-likeness (QED) is 0.851. The second-order valence-electron chi connectivity index (χ2n) is 2.58. The maximum Gasteiger partial charge on any atom is 0.225 e. The lowest BCUT2D eigenvalue weighted by molar-refractivity contribution is 0.103. The predicted octanol–water partition coefficient (Wildman–Crippen LogP) is 1.73. The molecule has 0 atom stereocenters. The Morgan fingerprint density at radius 3 is 3.00 bits per heavy atom. The minimum absolute atomic E-state index is 0.219. The third kappa shape index (κ3) is 1.82. The van der Waals surface area contributed by atoms with Crippen LogP contribution in [0.2, 0.25) is 0 Å². The van der Waals surface area contributed by atoms with Crippen molar-refractivity contribution in [2.45, 2.75) is 0 Å². The standard InChI is InChI=1S/C8H3BrN4OS/c9-8-7(15-3-11-8)6(14)5-1-4(2-10)12-13-5/h1,3H,(H,12,13). The Balaban J connectivity index is 2.37. The van der Waals surface area contributed by atoms with Gasteiger partial charge in [-0.05, 0) is 15.9 Å². The molecule has 5 nitrogen and oxygen atoms in total. The number of nitrogens with one attached hydrogen (secondary N) is 1. The topological polar surface area (TPSA) is 82.4 Å². The molecule has 15 heavy (non-hydrogen) atoms. The van der Waals surface area contributed by atoms with Crippen molar-refractivity contribution >= 4 is 33.0 Å². The number of rotatable bonds is 2. The van der Waals surface area contributed by atoms with Gasteiger partial charge in [0.25, 0.3) is 0 Å². The second-order valence-corrected chi connectivity index (χ2v) is 4.19. The summed E-state index contributed by atoms with van der Waals surface area (Å²) < 4.78 is 0.499. The van der Waals surface area contributed by atoms with Crippen LogP contribution in [-0.4, -0.2) is 21.0 Å². The molecule has 0 aliphatic rings. The Hall–Kier alpha value is -1.52. The van der Waals surface area contributed by atoms with Crippen LogP contribution in [0.4, 0.5) is 0 Å². The zero-order valence-electron chi connectivity index (χ0n) is 7.19. The third-order valence-electron chi connectivity index (χ3n) is 1.66. The largest absolute Gasteiger partial charge is 0.286 e. The number of carbonyl (C=O) groups excluding carboxylic acids is 1. The number of nitrogens with zero attached hydrogens (tertiary/aromatic N) is 3. The summed E-state index contributed by atoms with van der Waals surface area (Å²) in [5.41, 5.74) is 2.05. The van der Waals surface area contributed by atoms with Crippen LogP contribution in [0.25, 0.3) is 0 Å². The van der Waals surface area contributed by atoms with E-state index in [0.717, 1.165) is 0 Å². The van der Waals surface area contributed by atoms with Crippen LogP contribution in [0.15, 0.2) is 16.2 Å². The molecule has 0 saturated heterocycles. The van der Waals surface area contributed by atoms with E-state index >= 15 is 0 Å². The molecule has 0 saturated carbocycles. The number of hydrogen-bond acceptors (Lipinski definition) is 5. The highest BCUT2D eigenvalue weighted by Gasteiger charge is 2.17. The molecule has 0 bridgehead atoms. The zero-order valence-corrected chi connectivity index (χ0v) is 9.59. The summed E-state index contributed by atoms with van der Waals surface area (Å²) >= 11 is 4.39. The first-order valence-electron chi connectivity index (χ1n) is 3.81. The summed E-state index contributed by atoms with van der Waals surface area (Å²) in [7, 11) is 0. The summed E-state index contributed by atoms with van der Waals surface area (Å²) in [4.78, 5) is 16.2. The molecule has 0 radical (unpaired) electrons. The summed E-state index contributed by atoms with van der Waals surface area (Å²) in [6, 6.07) is 3.28. The smallest absolute Gasteiger partial charge is 0.225 e. The van der Waals surface area contributed by atoms with E-state index in [-0.39, 0.29) is 17.2 Å². The van der Waals surface area contributed by atoms with Gasteiger partial charge in [0.1, 0.15) is 26.9 Å². The van der Waals surface area contributed by atoms with Gasteiger partial charge in [0, 0.05) is 6.07 Å². The first-order valence-corrected chi connectivity index (χ1v) is 5.49. The van der Waals surface area contributed by atoms with Gasteiger partial charge < -0.3 is 0 Å². The van der Waals surface area contributed by atoms with Gasteiger partial charge in [0.15, 0.2) is 0 Å². The molecule has 74 valence electrons. The summed E-state index contributed by atoms with van der Waals surface area (Å²) in [5.74, 6) is -0.248. The molecule has 2 rings (SSSR count). The molecule has 0 spiro atoms. The SMILES string of the molecule is N#Cc1cc(C(=O)c2scnc2Br)n[nH]1. The summed E-state index contributed by atoms with van der Waals surface area (Å²) in [5, 5.41) is 14.8. The molecule has 0 amide bonds. The number of aromatic nitrogens is 3. The van der Waals surface area contributed by atoms with Crippen molar-refractivity contribution in [3.8, 4) is 6.07 Å². The van der Waals surface area contributed by atoms with Gasteiger partial charge in [-0.15, -0.1) is 11.3 Å². The van der Waals surface area contributed by atoms with Gasteiger partial charge in [-0.3, -0.25) is 9.89 Å². The molecular formula is C8H3BrN4OS. The average Bonchev–Trinajstić information content (AvgIpc) is 2.84. The molecule has 2 aromatic heterocycles. The van der Waals surface area contributed by atoms with E-state index in [9.17, 15) is 4.79 Å². The van der Waals surface area contributed by atoms with Gasteiger partial charge >= 0.3 is 0 Å². The zero-order chi connectivity index (χ0) is 10.8. The van der Waals surface area contributed by atoms with Crippen LogP contribution < -0.4 is 0 Å². The van der Waals surface area contributed by atoms with Crippen LogP contribution in [0.3, 0.4) is 0 Å². The minimum atomic E-state index is -0.248. The van der Waals surface area contributed by atoms with Crippen LogP contribution >= 0.6 is 27.3 Å². The fourth-order valence-electron chi connectivity index (χ4n) is 0.991. The number of nitriles is 1. The maximum absolute atomic E-state index is 11.8. The number of halogens is 1. The van der Waals surface area contributed by atoms with Crippen molar-refractivity contribution < 1.29 is 4.79 Å². The van der Waals surface area contributed by atoms with Crippen LogP contribution in [0, 0.1) is 11.3 Å². The third-order valence-corrected chi connectivity index (χ3v) is 3.35. The fourth-order valence-corrected chi connectivity index (χ4v) is 2.31. The average molecular weight is 283 g/mol. The van der Waals surface area contributed by atoms with Gasteiger partial charge in [-0.1, -0.05) is 0 Å². The normalized spacial score (nSPS) is 9.87. The van der Waals surface area contributed by atoms with E-state index in [1.165, 1.54) is 17.4 Å². The molecule has 2 aromatic rings. The van der Waals surface area contributed by atoms with Gasteiger partial charge in [0.05, 0.1) is 5.51 Å². The minimum Gasteiger partial charge on any atom is -0.286 e. The molecule has 0 aliphatic heterocycles. The van der Waals surface area contributed by atoms with E-state index in [1.54, 1.807) is 5.51 Å². The highest BCUT2D eigenvalue weighted by atomic mass is 79.9. The molecule has 2 heterocycles. The van der Waals surface area contributed by atoms with Crippen molar-refractivity contribution in [1.82, 2.24) is 15.2 Å². The monoisotopic (exact) mass is 282 g/mol. The Morgan fingerprint density at radius 1 is 1.67 bits per heavy atom. The number of ketones is 1. The van der Waals surface area contributed by atoms with Gasteiger partial charge in [-0.25, -0.2) is 4.98 Å². The van der Waals surface area contributed by atoms with Crippen molar-refractivity contribution in [3.05, 3.63) is 32.4 Å². The summed E-state index contributed by atoms with van der Waals surface area (Å²) in [6.45, 7) is 0. The van der Waals surface area contributed by atoms with E-state index in [0.29, 0.717) is 9.48 Å². The highest BCUT2D eigenvalue weighted by Crippen LogP contribution is 2.22. The molecule has 0 unspecified atom stereocenters. The number of thiazole rings is 1. The maximum atomic E-state index is 11.8. The number of carbonyl (C=O) groups is 1. The molecule has 7 heteroatoms. The lowest BCUT2D eigenvalue weighted by atomic mass is 10.2. The van der Waals surface area contributed by atoms with Crippen molar-refractivity contribution in [3.63, 3.8) is 0 Å². The summed E-state index contributed by atoms with van der Waals surface area (Å²) in [6.07, 6.45) is 0. The lowest BCUT2D eigenvalue weighted by Gasteiger charge is -1.90. The van der Waals surface area contributed by atoms with Crippen molar-refractivity contribution in [2.75, 3.05) is 0 Å². The lowest BCUT2D eigenvalue weighted by Crippen LogP contribution is -1.99. The first-order chi connectivity index (χ1) is 7.22. The predicted molar refractivity (Wildman–Crippen MR) is 56.5 cm³/mol. The Morgan fingerprint density at radius 2 is 2.47 bits per heavy atom. The Bertz CT molecular complexity index is 553. The molecule has 0 fully saturated rings. The molecular weight excluding hydrogens is 280 g/mol. The first kappa shape index (κ1) is 10.0. The van der Waals surface area contributed by atoms with Crippen LogP contribution in [0.1, 0.15) is 21.1 Å². The highest BCUT2D eigenvalue weighted by molar-refractivity contribution is 9.10. The van der Waals surface area contributed by atoms with E-state index < -0.39 is 0 Å². The molecule has 0 aromatic carbocycles.